The Morgan fingerprint density at radius 1 is 1.21 bits per heavy atom. The lowest BCUT2D eigenvalue weighted by Gasteiger charge is -2.16. The summed E-state index contributed by atoms with van der Waals surface area (Å²) in [5.41, 5.74) is 1.58. The van der Waals surface area contributed by atoms with Gasteiger partial charge in [0.25, 0.3) is 0 Å². The molecule has 1 aromatic carbocycles. The molecule has 2 amide bonds. The Labute approximate surface area is 141 Å². The Kier molecular flexibility index (Phi) is 4.48. The number of hydrogen-bond acceptors (Lipinski definition) is 4. The van der Waals surface area contributed by atoms with E-state index in [1.54, 1.807) is 18.2 Å². The zero-order valence-electron chi connectivity index (χ0n) is 12.9. The van der Waals surface area contributed by atoms with Gasteiger partial charge < -0.3 is 20.6 Å². The molecule has 24 heavy (non-hydrogen) atoms. The molecule has 2 aromatic heterocycles. The second-order valence-electron chi connectivity index (χ2n) is 5.36. The van der Waals surface area contributed by atoms with Gasteiger partial charge in [-0.2, -0.15) is 0 Å². The van der Waals surface area contributed by atoms with Crippen molar-refractivity contribution in [3.05, 3.63) is 51.1 Å². The van der Waals surface area contributed by atoms with Crippen LogP contribution in [0.1, 0.15) is 24.3 Å². The largest absolute Gasteiger partial charge is 0.348 e. The molecule has 0 bridgehead atoms. The van der Waals surface area contributed by atoms with Crippen molar-refractivity contribution in [3.8, 4) is 0 Å². The first kappa shape index (κ1) is 16.0. The van der Waals surface area contributed by atoms with Gasteiger partial charge in [-0.15, -0.1) is 11.3 Å². The average Bonchev–Trinajstić information content (AvgIpc) is 3.13. The molecule has 0 unspecified atom stereocenters. The molecule has 8 heteroatoms. The molecule has 124 valence electrons. The van der Waals surface area contributed by atoms with E-state index in [0.717, 1.165) is 4.88 Å². The summed E-state index contributed by atoms with van der Waals surface area (Å²) in [7, 11) is 0. The fourth-order valence-corrected chi connectivity index (χ4v) is 3.24. The van der Waals surface area contributed by atoms with E-state index in [-0.39, 0.29) is 30.0 Å². The predicted molar refractivity (Wildman–Crippen MR) is 93.0 cm³/mol. The molecular formula is C16H16N4O3S. The van der Waals surface area contributed by atoms with Gasteiger partial charge >= 0.3 is 5.69 Å². The first-order valence-corrected chi connectivity index (χ1v) is 8.21. The summed E-state index contributed by atoms with van der Waals surface area (Å²) < 4.78 is 0. The van der Waals surface area contributed by atoms with Crippen molar-refractivity contribution in [3.63, 3.8) is 0 Å². The van der Waals surface area contributed by atoms with Crippen LogP contribution in [-0.2, 0) is 9.59 Å². The summed E-state index contributed by atoms with van der Waals surface area (Å²) in [4.78, 5) is 41.1. The normalized spacial score (nSPS) is 12.0. The van der Waals surface area contributed by atoms with E-state index in [4.69, 9.17) is 0 Å². The maximum atomic E-state index is 12.3. The van der Waals surface area contributed by atoms with Gasteiger partial charge in [0.1, 0.15) is 0 Å². The van der Waals surface area contributed by atoms with Crippen molar-refractivity contribution in [2.45, 2.75) is 19.4 Å². The minimum Gasteiger partial charge on any atom is -0.348 e. The SMILES string of the molecule is CC(=O)N[C@@H](CC(=O)Nc1ccc2[nH]c(=O)[nH]c2c1)c1cccs1. The summed E-state index contributed by atoms with van der Waals surface area (Å²) in [6.07, 6.45) is 0.127. The number of anilines is 1. The van der Waals surface area contributed by atoms with Crippen LogP contribution < -0.4 is 16.3 Å². The number of carbonyl (C=O) groups is 2. The van der Waals surface area contributed by atoms with Crippen LogP contribution in [0.4, 0.5) is 5.69 Å². The number of benzene rings is 1. The van der Waals surface area contributed by atoms with Gasteiger partial charge in [-0.3, -0.25) is 9.59 Å². The minimum atomic E-state index is -0.363. The van der Waals surface area contributed by atoms with Crippen molar-refractivity contribution in [1.29, 1.82) is 0 Å². The third-order valence-corrected chi connectivity index (χ3v) is 4.44. The number of hydrogen-bond donors (Lipinski definition) is 4. The maximum absolute atomic E-state index is 12.3. The number of carbonyl (C=O) groups excluding carboxylic acids is 2. The standard InChI is InChI=1S/C16H16N4O3S/c1-9(21)17-13(14-3-2-6-24-14)8-15(22)18-10-4-5-11-12(7-10)20-16(23)19-11/h2-7,13H,8H2,1H3,(H,17,21)(H,18,22)(H2,19,20,23)/t13-/m0/s1. The van der Waals surface area contributed by atoms with Crippen LogP contribution in [0.5, 0.6) is 0 Å². The van der Waals surface area contributed by atoms with Crippen LogP contribution >= 0.6 is 11.3 Å². The number of thiophene rings is 1. The van der Waals surface area contributed by atoms with E-state index in [1.165, 1.54) is 18.3 Å². The highest BCUT2D eigenvalue weighted by Gasteiger charge is 2.18. The van der Waals surface area contributed by atoms with Crippen molar-refractivity contribution in [1.82, 2.24) is 15.3 Å². The summed E-state index contributed by atoms with van der Waals surface area (Å²) >= 11 is 1.49. The van der Waals surface area contributed by atoms with Crippen LogP contribution in [0.25, 0.3) is 11.0 Å². The Hall–Kier alpha value is -2.87. The molecule has 0 fully saturated rings. The lowest BCUT2D eigenvalue weighted by Crippen LogP contribution is -2.29. The van der Waals surface area contributed by atoms with E-state index in [2.05, 4.69) is 20.6 Å². The highest BCUT2D eigenvalue weighted by molar-refractivity contribution is 7.10. The first-order chi connectivity index (χ1) is 11.5. The molecule has 0 aliphatic carbocycles. The van der Waals surface area contributed by atoms with E-state index in [1.807, 2.05) is 17.5 Å². The number of fused-ring (bicyclic) bond motifs is 1. The van der Waals surface area contributed by atoms with Crippen molar-refractivity contribution < 1.29 is 9.59 Å². The molecule has 0 aliphatic rings. The number of rotatable bonds is 5. The van der Waals surface area contributed by atoms with Gasteiger partial charge in [0.2, 0.25) is 11.8 Å². The summed E-state index contributed by atoms with van der Waals surface area (Å²) in [6.45, 7) is 1.43. The maximum Gasteiger partial charge on any atom is 0.323 e. The summed E-state index contributed by atoms with van der Waals surface area (Å²) in [5, 5.41) is 7.48. The molecule has 0 saturated heterocycles. The fraction of sp³-hybridized carbons (Fsp3) is 0.188. The highest BCUT2D eigenvalue weighted by atomic mass is 32.1. The molecule has 3 rings (SSSR count). The summed E-state index contributed by atoms with van der Waals surface area (Å²) in [6, 6.07) is 8.51. The molecule has 4 N–H and O–H groups in total. The van der Waals surface area contributed by atoms with Crippen molar-refractivity contribution in [2.75, 3.05) is 5.32 Å². The topological polar surface area (TPSA) is 107 Å². The van der Waals surface area contributed by atoms with Crippen LogP contribution in [0, 0.1) is 0 Å². The van der Waals surface area contributed by atoms with Crippen molar-refractivity contribution >= 4 is 39.9 Å². The number of aromatic nitrogens is 2. The molecule has 3 aromatic rings. The quantitative estimate of drug-likeness (QED) is 0.569. The van der Waals surface area contributed by atoms with Crippen LogP contribution in [0.3, 0.4) is 0 Å². The molecular weight excluding hydrogens is 328 g/mol. The Morgan fingerprint density at radius 2 is 2.00 bits per heavy atom. The number of H-pyrrole nitrogens is 2. The molecule has 0 aliphatic heterocycles. The Balaban J connectivity index is 1.72. The Bertz CT molecular complexity index is 926. The number of imidazole rings is 1. The number of nitrogens with one attached hydrogen (secondary N) is 4. The molecule has 0 radical (unpaired) electrons. The van der Waals surface area contributed by atoms with Crippen molar-refractivity contribution in [2.24, 2.45) is 0 Å². The fourth-order valence-electron chi connectivity index (χ4n) is 2.47. The summed E-state index contributed by atoms with van der Waals surface area (Å²) in [5.74, 6) is -0.410. The zero-order valence-corrected chi connectivity index (χ0v) is 13.7. The first-order valence-electron chi connectivity index (χ1n) is 7.33. The average molecular weight is 344 g/mol. The lowest BCUT2D eigenvalue weighted by molar-refractivity contribution is -0.120. The molecule has 2 heterocycles. The van der Waals surface area contributed by atoms with Gasteiger partial charge in [-0.05, 0) is 29.6 Å². The van der Waals surface area contributed by atoms with Gasteiger partial charge in [-0.25, -0.2) is 4.79 Å². The van der Waals surface area contributed by atoms with Gasteiger partial charge in [0, 0.05) is 17.5 Å². The molecule has 1 atom stereocenters. The monoisotopic (exact) mass is 344 g/mol. The molecule has 7 nitrogen and oxygen atoms in total. The minimum absolute atomic E-state index is 0.127. The van der Waals surface area contributed by atoms with Gasteiger partial charge in [-0.1, -0.05) is 6.07 Å². The van der Waals surface area contributed by atoms with Gasteiger partial charge in [0.15, 0.2) is 0 Å². The second-order valence-corrected chi connectivity index (χ2v) is 6.34. The lowest BCUT2D eigenvalue weighted by atomic mass is 10.1. The number of aromatic amines is 2. The second kappa shape index (κ2) is 6.71. The van der Waals surface area contributed by atoms with E-state index < -0.39 is 0 Å². The predicted octanol–water partition coefficient (Wildman–Crippen LogP) is 2.12. The Morgan fingerprint density at radius 3 is 2.71 bits per heavy atom. The van der Waals surface area contributed by atoms with Crippen LogP contribution in [-0.4, -0.2) is 21.8 Å². The highest BCUT2D eigenvalue weighted by Crippen LogP contribution is 2.23. The van der Waals surface area contributed by atoms with E-state index in [0.29, 0.717) is 16.7 Å². The van der Waals surface area contributed by atoms with Gasteiger partial charge in [0.05, 0.1) is 23.5 Å². The van der Waals surface area contributed by atoms with Crippen LogP contribution in [0.15, 0.2) is 40.5 Å². The molecule has 0 spiro atoms. The van der Waals surface area contributed by atoms with E-state index >= 15 is 0 Å². The third kappa shape index (κ3) is 3.72. The van der Waals surface area contributed by atoms with E-state index in [9.17, 15) is 14.4 Å². The zero-order chi connectivity index (χ0) is 17.1. The van der Waals surface area contributed by atoms with Crippen LogP contribution in [0.2, 0.25) is 0 Å². The number of amides is 2. The third-order valence-electron chi connectivity index (χ3n) is 3.45. The smallest absolute Gasteiger partial charge is 0.323 e. The molecule has 0 saturated carbocycles.